The van der Waals surface area contributed by atoms with Gasteiger partial charge in [0.2, 0.25) is 0 Å². The highest BCUT2D eigenvalue weighted by Crippen LogP contribution is 2.32. The van der Waals surface area contributed by atoms with Gasteiger partial charge in [0, 0.05) is 28.7 Å². The highest BCUT2D eigenvalue weighted by molar-refractivity contribution is 9.10. The van der Waals surface area contributed by atoms with E-state index in [-0.39, 0.29) is 5.69 Å². The van der Waals surface area contributed by atoms with Gasteiger partial charge in [-0.3, -0.25) is 0 Å². The van der Waals surface area contributed by atoms with E-state index >= 15 is 0 Å². The van der Waals surface area contributed by atoms with E-state index in [4.69, 9.17) is 5.11 Å². The van der Waals surface area contributed by atoms with E-state index < -0.39 is 5.97 Å². The van der Waals surface area contributed by atoms with E-state index in [1.165, 1.54) is 0 Å². The summed E-state index contributed by atoms with van der Waals surface area (Å²) in [6.07, 6.45) is 1.90. The third kappa shape index (κ3) is 1.77. The topological polar surface area (TPSA) is 58.0 Å². The number of hydrogen-bond acceptors (Lipinski definition) is 1. The zero-order chi connectivity index (χ0) is 13.6. The summed E-state index contributed by atoms with van der Waals surface area (Å²) in [5, 5.41) is 10.2. The lowest BCUT2D eigenvalue weighted by Gasteiger charge is -2.04. The molecule has 0 atom stereocenters. The van der Waals surface area contributed by atoms with Gasteiger partial charge in [0.05, 0.1) is 11.2 Å². The summed E-state index contributed by atoms with van der Waals surface area (Å²) in [6.45, 7) is 0. The number of halogens is 1. The number of nitrogens with zero attached hydrogens (tertiary/aromatic N) is 1. The van der Waals surface area contributed by atoms with Crippen LogP contribution in [0.1, 0.15) is 10.5 Å². The SMILES string of the molecule is Cn1c(C(=O)O)ccc1-c1c[nH]c2c(Br)cccc12. The zero-order valence-corrected chi connectivity index (χ0v) is 11.7. The summed E-state index contributed by atoms with van der Waals surface area (Å²) >= 11 is 3.50. The van der Waals surface area contributed by atoms with E-state index in [9.17, 15) is 4.79 Å². The van der Waals surface area contributed by atoms with E-state index in [1.54, 1.807) is 17.7 Å². The van der Waals surface area contributed by atoms with Crippen molar-refractivity contribution in [3.8, 4) is 11.3 Å². The molecule has 0 aliphatic carbocycles. The van der Waals surface area contributed by atoms with Crippen molar-refractivity contribution in [2.45, 2.75) is 0 Å². The van der Waals surface area contributed by atoms with Crippen LogP contribution in [0.2, 0.25) is 0 Å². The van der Waals surface area contributed by atoms with E-state index in [0.717, 1.165) is 26.6 Å². The first-order valence-corrected chi connectivity index (χ1v) is 6.54. The van der Waals surface area contributed by atoms with Crippen LogP contribution in [0, 0.1) is 0 Å². The van der Waals surface area contributed by atoms with Crippen molar-refractivity contribution in [2.24, 2.45) is 7.05 Å². The maximum Gasteiger partial charge on any atom is 0.352 e. The Bertz CT molecular complexity index is 786. The Kier molecular flexibility index (Phi) is 2.71. The Hall–Kier alpha value is -2.01. The number of carbonyl (C=O) groups is 1. The molecule has 19 heavy (non-hydrogen) atoms. The zero-order valence-electron chi connectivity index (χ0n) is 10.1. The quantitative estimate of drug-likeness (QED) is 0.758. The Labute approximate surface area is 117 Å². The van der Waals surface area contributed by atoms with Gasteiger partial charge in [-0.2, -0.15) is 0 Å². The van der Waals surface area contributed by atoms with Gasteiger partial charge in [-0.1, -0.05) is 12.1 Å². The summed E-state index contributed by atoms with van der Waals surface area (Å²) in [5.74, 6) is -0.922. The van der Waals surface area contributed by atoms with Gasteiger partial charge in [-0.15, -0.1) is 0 Å². The molecular weight excluding hydrogens is 308 g/mol. The molecule has 96 valence electrons. The van der Waals surface area contributed by atoms with E-state index in [1.807, 2.05) is 30.5 Å². The largest absolute Gasteiger partial charge is 0.477 e. The van der Waals surface area contributed by atoms with Crippen LogP contribution in [0.3, 0.4) is 0 Å². The van der Waals surface area contributed by atoms with Crippen molar-refractivity contribution in [3.63, 3.8) is 0 Å². The number of fused-ring (bicyclic) bond motifs is 1. The highest BCUT2D eigenvalue weighted by Gasteiger charge is 2.15. The lowest BCUT2D eigenvalue weighted by Crippen LogP contribution is -2.04. The average molecular weight is 319 g/mol. The number of aromatic carboxylic acids is 1. The minimum absolute atomic E-state index is 0.277. The molecule has 0 radical (unpaired) electrons. The lowest BCUT2D eigenvalue weighted by atomic mass is 10.1. The monoisotopic (exact) mass is 318 g/mol. The smallest absolute Gasteiger partial charge is 0.352 e. The first-order chi connectivity index (χ1) is 9.09. The molecule has 0 aliphatic rings. The molecule has 0 spiro atoms. The maximum absolute atomic E-state index is 11.1. The van der Waals surface area contributed by atoms with Gasteiger partial charge < -0.3 is 14.7 Å². The molecular formula is C14H11BrN2O2. The number of H-pyrrole nitrogens is 1. The molecule has 0 bridgehead atoms. The fraction of sp³-hybridized carbons (Fsp3) is 0.0714. The third-order valence-corrected chi connectivity index (χ3v) is 3.94. The predicted octanol–water partition coefficient (Wildman–Crippen LogP) is 3.63. The van der Waals surface area contributed by atoms with Crippen LogP contribution >= 0.6 is 15.9 Å². The van der Waals surface area contributed by atoms with E-state index in [2.05, 4.69) is 20.9 Å². The first kappa shape index (κ1) is 12.0. The number of carboxylic acids is 1. The molecule has 0 amide bonds. The second-order valence-electron chi connectivity index (χ2n) is 4.33. The Morgan fingerprint density at radius 1 is 1.32 bits per heavy atom. The molecule has 4 nitrogen and oxygen atoms in total. The van der Waals surface area contributed by atoms with Gasteiger partial charge in [-0.05, 0) is 34.1 Å². The molecule has 0 unspecified atom stereocenters. The Balaban J connectivity index is 2.26. The third-order valence-electron chi connectivity index (χ3n) is 3.28. The van der Waals surface area contributed by atoms with Gasteiger partial charge in [0.25, 0.3) is 0 Å². The molecule has 3 aromatic rings. The van der Waals surface area contributed by atoms with Crippen molar-refractivity contribution in [3.05, 3.63) is 46.7 Å². The van der Waals surface area contributed by atoms with Crippen molar-refractivity contribution in [2.75, 3.05) is 0 Å². The minimum Gasteiger partial charge on any atom is -0.477 e. The molecule has 2 heterocycles. The van der Waals surface area contributed by atoms with Crippen molar-refractivity contribution >= 4 is 32.8 Å². The number of nitrogens with one attached hydrogen (secondary N) is 1. The second-order valence-corrected chi connectivity index (χ2v) is 5.19. The van der Waals surface area contributed by atoms with Gasteiger partial charge in [0.15, 0.2) is 0 Å². The fourth-order valence-electron chi connectivity index (χ4n) is 2.33. The molecule has 0 saturated heterocycles. The average Bonchev–Trinajstić information content (AvgIpc) is 2.93. The van der Waals surface area contributed by atoms with Crippen LogP contribution in [0.25, 0.3) is 22.2 Å². The molecule has 0 saturated carbocycles. The van der Waals surface area contributed by atoms with Gasteiger partial charge in [-0.25, -0.2) is 4.79 Å². The van der Waals surface area contributed by atoms with Gasteiger partial charge >= 0.3 is 5.97 Å². The van der Waals surface area contributed by atoms with Crippen LogP contribution in [0.4, 0.5) is 0 Å². The predicted molar refractivity (Wildman–Crippen MR) is 77.4 cm³/mol. The number of aromatic amines is 1. The molecule has 3 rings (SSSR count). The molecule has 2 aromatic heterocycles. The first-order valence-electron chi connectivity index (χ1n) is 5.74. The maximum atomic E-state index is 11.1. The van der Waals surface area contributed by atoms with Crippen molar-refractivity contribution < 1.29 is 9.90 Å². The van der Waals surface area contributed by atoms with E-state index in [0.29, 0.717) is 0 Å². The summed E-state index contributed by atoms with van der Waals surface area (Å²) < 4.78 is 2.68. The molecule has 5 heteroatoms. The second kappa shape index (κ2) is 4.28. The Morgan fingerprint density at radius 2 is 2.11 bits per heavy atom. The van der Waals surface area contributed by atoms with Gasteiger partial charge in [0.1, 0.15) is 5.69 Å². The number of benzene rings is 1. The standard InChI is InChI=1S/C14H11BrN2O2/c1-17-11(5-6-12(17)14(18)19)9-7-16-13-8(9)3-2-4-10(13)15/h2-7,16H,1H3,(H,18,19). The number of para-hydroxylation sites is 1. The number of hydrogen-bond donors (Lipinski definition) is 2. The normalized spacial score (nSPS) is 11.1. The lowest BCUT2D eigenvalue weighted by molar-refractivity contribution is 0.0687. The fourth-order valence-corrected chi connectivity index (χ4v) is 2.81. The minimum atomic E-state index is -0.922. The molecule has 2 N–H and O–H groups in total. The molecule has 1 aromatic carbocycles. The number of carboxylic acid groups (broad SMARTS) is 1. The van der Waals surface area contributed by atoms with Crippen LogP contribution in [0.5, 0.6) is 0 Å². The summed E-state index contributed by atoms with van der Waals surface area (Å²) in [7, 11) is 1.76. The van der Waals surface area contributed by atoms with Crippen LogP contribution in [-0.2, 0) is 7.05 Å². The molecule has 0 fully saturated rings. The van der Waals surface area contributed by atoms with Crippen LogP contribution < -0.4 is 0 Å². The highest BCUT2D eigenvalue weighted by atomic mass is 79.9. The summed E-state index contributed by atoms with van der Waals surface area (Å²) in [6, 6.07) is 9.39. The van der Waals surface area contributed by atoms with Crippen molar-refractivity contribution in [1.82, 2.24) is 9.55 Å². The summed E-state index contributed by atoms with van der Waals surface area (Å²) in [4.78, 5) is 14.3. The van der Waals surface area contributed by atoms with Crippen molar-refractivity contribution in [1.29, 1.82) is 0 Å². The van der Waals surface area contributed by atoms with Crippen LogP contribution in [0.15, 0.2) is 41.0 Å². The number of aromatic nitrogens is 2. The summed E-state index contributed by atoms with van der Waals surface area (Å²) in [5.41, 5.74) is 3.16. The Morgan fingerprint density at radius 3 is 2.79 bits per heavy atom. The molecule has 0 aliphatic heterocycles. The van der Waals surface area contributed by atoms with Crippen LogP contribution in [-0.4, -0.2) is 20.6 Å². The number of rotatable bonds is 2.